The SMILES string of the molecule is O=C(O)c1cccc(S(=O)(=O)NCc2cccc(Br)c2)c1. The Labute approximate surface area is 130 Å². The highest BCUT2D eigenvalue weighted by atomic mass is 79.9. The van der Waals surface area contributed by atoms with Gasteiger partial charge in [-0.2, -0.15) is 0 Å². The summed E-state index contributed by atoms with van der Waals surface area (Å²) >= 11 is 3.31. The second kappa shape index (κ2) is 6.38. The first-order valence-corrected chi connectivity index (χ1v) is 8.23. The quantitative estimate of drug-likeness (QED) is 0.848. The van der Waals surface area contributed by atoms with Gasteiger partial charge in [0.2, 0.25) is 10.0 Å². The fraction of sp³-hybridized carbons (Fsp3) is 0.0714. The number of sulfonamides is 1. The molecule has 0 atom stereocenters. The predicted octanol–water partition coefficient (Wildman–Crippen LogP) is 2.63. The van der Waals surface area contributed by atoms with Crippen LogP contribution in [0.3, 0.4) is 0 Å². The predicted molar refractivity (Wildman–Crippen MR) is 81.6 cm³/mol. The van der Waals surface area contributed by atoms with Crippen LogP contribution in [0, 0.1) is 0 Å². The van der Waals surface area contributed by atoms with Crippen LogP contribution < -0.4 is 4.72 Å². The third-order valence-corrected chi connectivity index (χ3v) is 4.64. The van der Waals surface area contributed by atoms with Crippen molar-refractivity contribution in [2.45, 2.75) is 11.4 Å². The summed E-state index contributed by atoms with van der Waals surface area (Å²) in [4.78, 5) is 10.8. The minimum absolute atomic E-state index is 0.0691. The van der Waals surface area contributed by atoms with Crippen molar-refractivity contribution < 1.29 is 18.3 Å². The molecule has 0 fully saturated rings. The van der Waals surface area contributed by atoms with Crippen LogP contribution in [0.2, 0.25) is 0 Å². The van der Waals surface area contributed by atoms with Gasteiger partial charge in [0.25, 0.3) is 0 Å². The Morgan fingerprint density at radius 1 is 1.14 bits per heavy atom. The molecule has 0 heterocycles. The van der Waals surface area contributed by atoms with E-state index in [1.165, 1.54) is 18.2 Å². The molecule has 0 unspecified atom stereocenters. The van der Waals surface area contributed by atoms with E-state index in [1.807, 2.05) is 6.07 Å². The van der Waals surface area contributed by atoms with Crippen LogP contribution >= 0.6 is 15.9 Å². The largest absolute Gasteiger partial charge is 0.478 e. The van der Waals surface area contributed by atoms with E-state index in [0.717, 1.165) is 16.1 Å². The number of nitrogens with one attached hydrogen (secondary N) is 1. The molecule has 2 rings (SSSR count). The van der Waals surface area contributed by atoms with Crippen molar-refractivity contribution >= 4 is 31.9 Å². The molecule has 0 radical (unpaired) electrons. The zero-order valence-corrected chi connectivity index (χ0v) is 13.2. The molecule has 0 aliphatic heterocycles. The number of carboxylic acid groups (broad SMARTS) is 1. The summed E-state index contributed by atoms with van der Waals surface area (Å²) in [6.45, 7) is 0.124. The molecule has 0 aliphatic rings. The second-order valence-electron chi connectivity index (χ2n) is 4.29. The summed E-state index contributed by atoms with van der Waals surface area (Å²) < 4.78 is 27.6. The summed E-state index contributed by atoms with van der Waals surface area (Å²) in [5.74, 6) is -1.17. The van der Waals surface area contributed by atoms with Gasteiger partial charge in [-0.05, 0) is 35.9 Å². The lowest BCUT2D eigenvalue weighted by Gasteiger charge is -2.08. The Morgan fingerprint density at radius 3 is 2.52 bits per heavy atom. The Kier molecular flexibility index (Phi) is 4.76. The van der Waals surface area contributed by atoms with Crippen LogP contribution in [0.25, 0.3) is 0 Å². The maximum atomic E-state index is 12.1. The van der Waals surface area contributed by atoms with Crippen LogP contribution in [0.5, 0.6) is 0 Å². The molecule has 21 heavy (non-hydrogen) atoms. The summed E-state index contributed by atoms with van der Waals surface area (Å²) in [5, 5.41) is 8.89. The summed E-state index contributed by atoms with van der Waals surface area (Å²) in [5.41, 5.74) is 0.725. The van der Waals surface area contributed by atoms with Crippen molar-refractivity contribution in [3.05, 3.63) is 64.1 Å². The summed E-state index contributed by atoms with van der Waals surface area (Å²) in [6.07, 6.45) is 0. The first-order valence-electron chi connectivity index (χ1n) is 5.96. The van der Waals surface area contributed by atoms with Crippen molar-refractivity contribution in [2.24, 2.45) is 0 Å². The minimum atomic E-state index is -3.76. The number of halogens is 1. The van der Waals surface area contributed by atoms with E-state index >= 15 is 0 Å². The fourth-order valence-electron chi connectivity index (χ4n) is 1.70. The molecule has 0 aliphatic carbocycles. The smallest absolute Gasteiger partial charge is 0.335 e. The Hall–Kier alpha value is -1.70. The Balaban J connectivity index is 2.19. The van der Waals surface area contributed by atoms with Crippen molar-refractivity contribution in [3.8, 4) is 0 Å². The monoisotopic (exact) mass is 369 g/mol. The molecule has 2 aromatic carbocycles. The molecule has 0 saturated heterocycles. The number of benzene rings is 2. The molecule has 7 heteroatoms. The molecule has 110 valence electrons. The topological polar surface area (TPSA) is 83.5 Å². The van der Waals surface area contributed by atoms with Gasteiger partial charge < -0.3 is 5.11 Å². The first-order chi connectivity index (χ1) is 9.88. The maximum absolute atomic E-state index is 12.1. The molecule has 0 aromatic heterocycles. The number of carbonyl (C=O) groups is 1. The third kappa shape index (κ3) is 4.13. The van der Waals surface area contributed by atoms with Gasteiger partial charge in [0.15, 0.2) is 0 Å². The average Bonchev–Trinajstić information content (AvgIpc) is 2.45. The molecule has 5 nitrogen and oxygen atoms in total. The lowest BCUT2D eigenvalue weighted by atomic mass is 10.2. The van der Waals surface area contributed by atoms with Gasteiger partial charge in [-0.1, -0.05) is 34.1 Å². The van der Waals surface area contributed by atoms with Crippen LogP contribution in [0.4, 0.5) is 0 Å². The molecular formula is C14H12BrNO4S. The van der Waals surface area contributed by atoms with Crippen molar-refractivity contribution in [1.29, 1.82) is 0 Å². The number of rotatable bonds is 5. The standard InChI is InChI=1S/C14H12BrNO4S/c15-12-5-1-3-10(7-12)9-16-21(19,20)13-6-2-4-11(8-13)14(17)18/h1-8,16H,9H2,(H,17,18). The van der Waals surface area contributed by atoms with Crippen molar-refractivity contribution in [2.75, 3.05) is 0 Å². The average molecular weight is 370 g/mol. The van der Waals surface area contributed by atoms with E-state index in [2.05, 4.69) is 20.7 Å². The molecule has 0 saturated carbocycles. The fourth-order valence-corrected chi connectivity index (χ4v) is 3.21. The van der Waals surface area contributed by atoms with Gasteiger partial charge in [0.05, 0.1) is 10.5 Å². The summed E-state index contributed by atoms with van der Waals surface area (Å²) in [7, 11) is -3.76. The number of carboxylic acids is 1. The van der Waals surface area contributed by atoms with Crippen molar-refractivity contribution in [3.63, 3.8) is 0 Å². The lowest BCUT2D eigenvalue weighted by molar-refractivity contribution is 0.0696. The molecule has 2 aromatic rings. The molecule has 2 N–H and O–H groups in total. The number of hydrogen-bond donors (Lipinski definition) is 2. The zero-order chi connectivity index (χ0) is 15.5. The molecule has 0 spiro atoms. The Morgan fingerprint density at radius 2 is 1.86 bits per heavy atom. The van der Waals surface area contributed by atoms with E-state index < -0.39 is 16.0 Å². The maximum Gasteiger partial charge on any atom is 0.335 e. The van der Waals surface area contributed by atoms with E-state index in [4.69, 9.17) is 5.11 Å². The molecule has 0 bridgehead atoms. The van der Waals surface area contributed by atoms with Crippen LogP contribution in [0.15, 0.2) is 57.9 Å². The first kappa shape index (κ1) is 15.7. The van der Waals surface area contributed by atoms with E-state index in [-0.39, 0.29) is 17.0 Å². The van der Waals surface area contributed by atoms with Gasteiger partial charge >= 0.3 is 5.97 Å². The lowest BCUT2D eigenvalue weighted by Crippen LogP contribution is -2.23. The third-order valence-electron chi connectivity index (χ3n) is 2.75. The van der Waals surface area contributed by atoms with Gasteiger partial charge in [0.1, 0.15) is 0 Å². The van der Waals surface area contributed by atoms with Crippen LogP contribution in [-0.4, -0.2) is 19.5 Å². The highest BCUT2D eigenvalue weighted by molar-refractivity contribution is 9.10. The number of aromatic carboxylic acids is 1. The highest BCUT2D eigenvalue weighted by Crippen LogP contribution is 2.14. The van der Waals surface area contributed by atoms with E-state index in [1.54, 1.807) is 18.2 Å². The normalized spacial score (nSPS) is 11.3. The summed E-state index contributed by atoms with van der Waals surface area (Å²) in [6, 6.07) is 12.5. The Bertz CT molecular complexity index is 774. The van der Waals surface area contributed by atoms with Crippen molar-refractivity contribution in [1.82, 2.24) is 4.72 Å². The van der Waals surface area contributed by atoms with E-state index in [0.29, 0.717) is 0 Å². The van der Waals surface area contributed by atoms with Gasteiger partial charge in [-0.15, -0.1) is 0 Å². The minimum Gasteiger partial charge on any atom is -0.478 e. The zero-order valence-electron chi connectivity index (χ0n) is 10.8. The van der Waals surface area contributed by atoms with E-state index in [9.17, 15) is 13.2 Å². The second-order valence-corrected chi connectivity index (χ2v) is 6.97. The van der Waals surface area contributed by atoms with Gasteiger partial charge in [-0.3, -0.25) is 0 Å². The van der Waals surface area contributed by atoms with Gasteiger partial charge in [-0.25, -0.2) is 17.9 Å². The number of hydrogen-bond acceptors (Lipinski definition) is 3. The van der Waals surface area contributed by atoms with Crippen LogP contribution in [-0.2, 0) is 16.6 Å². The molecule has 0 amide bonds. The van der Waals surface area contributed by atoms with Crippen LogP contribution in [0.1, 0.15) is 15.9 Å². The molecular weight excluding hydrogens is 358 g/mol. The highest BCUT2D eigenvalue weighted by Gasteiger charge is 2.15. The van der Waals surface area contributed by atoms with Gasteiger partial charge in [0, 0.05) is 11.0 Å².